The number of rotatable bonds is 0. The highest BCUT2D eigenvalue weighted by atomic mass is 19.3. The summed E-state index contributed by atoms with van der Waals surface area (Å²) in [5.41, 5.74) is 0. The van der Waals surface area contributed by atoms with E-state index in [-0.39, 0.29) is 0 Å². The van der Waals surface area contributed by atoms with E-state index in [2.05, 4.69) is 11.7 Å². The third-order valence-corrected chi connectivity index (χ3v) is 0.143. The zero-order valence-electron chi connectivity index (χ0n) is 3.67. The van der Waals surface area contributed by atoms with Gasteiger partial charge in [-0.25, -0.2) is 0 Å². The van der Waals surface area contributed by atoms with Crippen LogP contribution < -0.4 is 11.7 Å². The number of hydrogen-bond acceptors (Lipinski definition) is 2. The van der Waals surface area contributed by atoms with Gasteiger partial charge >= 0.3 is 12.2 Å². The zero-order valence-corrected chi connectivity index (χ0v) is 3.67. The third-order valence-electron chi connectivity index (χ3n) is 0.143. The average Bonchev–Trinajstić information content (AvgIpc) is 1.72. The van der Waals surface area contributed by atoms with Crippen molar-refractivity contribution in [3.63, 3.8) is 0 Å². The Balaban J connectivity index is 0. The minimum atomic E-state index is -2.91. The molecular weight excluding hydrogens is 128 g/mol. The summed E-state index contributed by atoms with van der Waals surface area (Å²) in [4.78, 5) is 0. The molecule has 0 unspecified atom stereocenters. The van der Waals surface area contributed by atoms with Crippen molar-refractivity contribution < 1.29 is 17.6 Å². The lowest BCUT2D eigenvalue weighted by Crippen LogP contribution is -2.02. The minimum absolute atomic E-state index is 2.91. The second-order valence-corrected chi connectivity index (χ2v) is 0.521. The molecule has 0 atom stereocenters. The largest absolute Gasteiger partial charge is 0.334 e. The van der Waals surface area contributed by atoms with Gasteiger partial charge in [0.25, 0.3) is 0 Å². The molecule has 0 aliphatic heterocycles. The van der Waals surface area contributed by atoms with E-state index >= 15 is 0 Å². The molecule has 8 heavy (non-hydrogen) atoms. The van der Waals surface area contributed by atoms with E-state index in [0.717, 1.165) is 0 Å². The Labute approximate surface area is 42.7 Å². The van der Waals surface area contributed by atoms with Crippen molar-refractivity contribution >= 4 is 0 Å². The summed E-state index contributed by atoms with van der Waals surface area (Å²) >= 11 is 0. The third kappa shape index (κ3) is 9.03. The Morgan fingerprint density at radius 3 is 0.875 bits per heavy atom. The average molecular weight is 132 g/mol. The summed E-state index contributed by atoms with van der Waals surface area (Å²) in [7, 11) is 0. The molecule has 6 heteroatoms. The van der Waals surface area contributed by atoms with Gasteiger partial charge in [-0.3, -0.25) is 11.7 Å². The topological polar surface area (TPSA) is 52.0 Å². The Kier molecular flexibility index (Phi) is 8.28. The van der Waals surface area contributed by atoms with Gasteiger partial charge in [0.05, 0.1) is 0 Å². The summed E-state index contributed by atoms with van der Waals surface area (Å²) in [5.74, 6) is 8.00. The van der Waals surface area contributed by atoms with Crippen molar-refractivity contribution in [2.24, 2.45) is 11.7 Å². The van der Waals surface area contributed by atoms with Crippen molar-refractivity contribution in [3.8, 4) is 0 Å². The second kappa shape index (κ2) is 6.38. The molecule has 0 saturated carbocycles. The van der Waals surface area contributed by atoms with Crippen LogP contribution in [0.3, 0.4) is 0 Å². The lowest BCUT2D eigenvalue weighted by atomic mass is 11.1. The molecule has 2 nitrogen and oxygen atoms in total. The molecule has 0 rings (SSSR count). The Morgan fingerprint density at radius 2 is 0.875 bits per heavy atom. The van der Waals surface area contributed by atoms with Crippen LogP contribution in [0.2, 0.25) is 0 Å². The maximum atomic E-state index is 10.3. The van der Waals surface area contributed by atoms with E-state index in [1.807, 2.05) is 0 Å². The lowest BCUT2D eigenvalue weighted by molar-refractivity contribution is 0.308. The molecule has 0 radical (unpaired) electrons. The molecule has 4 N–H and O–H groups in total. The Bertz CT molecular complexity index is 62.1. The molecule has 0 fully saturated rings. The molecule has 0 bridgehead atoms. The van der Waals surface area contributed by atoms with Crippen LogP contribution >= 0.6 is 0 Å². The smallest absolute Gasteiger partial charge is 0.274 e. The zero-order chi connectivity index (χ0) is 7.15. The van der Waals surface area contributed by atoms with Crippen LogP contribution in [0, 0.1) is 0 Å². The molecule has 0 aromatic carbocycles. The highest BCUT2D eigenvalue weighted by Crippen LogP contribution is 2.08. The van der Waals surface area contributed by atoms with E-state index in [9.17, 15) is 17.6 Å². The first-order chi connectivity index (χ1) is 3.64. The van der Waals surface area contributed by atoms with E-state index in [1.54, 1.807) is 0 Å². The monoisotopic (exact) mass is 132 g/mol. The number of nitrogens with two attached hydrogens (primary N) is 2. The molecule has 0 saturated heterocycles. The first-order valence-electron chi connectivity index (χ1n) is 1.34. The summed E-state index contributed by atoms with van der Waals surface area (Å²) in [6.07, 6.45) is -5.81. The van der Waals surface area contributed by atoms with E-state index in [0.29, 0.717) is 0 Å². The molecular formula is C2H4F4N2. The molecule has 0 aliphatic rings. The first-order valence-corrected chi connectivity index (χ1v) is 1.34. The van der Waals surface area contributed by atoms with Gasteiger partial charge in [0.1, 0.15) is 0 Å². The summed E-state index contributed by atoms with van der Waals surface area (Å²) in [5, 5.41) is 0. The molecule has 0 aromatic rings. The van der Waals surface area contributed by atoms with Crippen LogP contribution in [0.15, 0.2) is 12.2 Å². The fourth-order valence-electron chi connectivity index (χ4n) is 0. The minimum Gasteiger partial charge on any atom is -0.274 e. The predicted octanol–water partition coefficient (Wildman–Crippen LogP) is 0.810. The normalized spacial score (nSPS) is 6.75. The standard InChI is InChI=1S/C2F4.H4N2/c3-1(4)2(5)6;1-2/h;1-2H2. The van der Waals surface area contributed by atoms with Gasteiger partial charge in [0, 0.05) is 0 Å². The molecule has 0 heterocycles. The molecule has 0 aromatic heterocycles. The van der Waals surface area contributed by atoms with Gasteiger partial charge in [0.2, 0.25) is 0 Å². The van der Waals surface area contributed by atoms with E-state index in [4.69, 9.17) is 0 Å². The van der Waals surface area contributed by atoms with Crippen molar-refractivity contribution in [3.05, 3.63) is 12.2 Å². The number of halogens is 4. The van der Waals surface area contributed by atoms with Crippen molar-refractivity contribution in [2.45, 2.75) is 0 Å². The van der Waals surface area contributed by atoms with E-state index < -0.39 is 12.2 Å². The van der Waals surface area contributed by atoms with Crippen LogP contribution in [-0.2, 0) is 0 Å². The quantitative estimate of drug-likeness (QED) is 0.291. The first kappa shape index (κ1) is 10.4. The highest BCUT2D eigenvalue weighted by Gasteiger charge is 1.98. The Hall–Kier alpha value is -0.620. The van der Waals surface area contributed by atoms with Gasteiger partial charge in [-0.1, -0.05) is 0 Å². The highest BCUT2D eigenvalue weighted by molar-refractivity contribution is 4.77. The summed E-state index contributed by atoms with van der Waals surface area (Å²) in [6, 6.07) is 0. The Morgan fingerprint density at radius 1 is 0.750 bits per heavy atom. The summed E-state index contributed by atoms with van der Waals surface area (Å²) < 4.78 is 41.1. The number of hydrogen-bond donors (Lipinski definition) is 2. The SMILES string of the molecule is FC(F)=C(F)F.NN. The van der Waals surface area contributed by atoms with Crippen molar-refractivity contribution in [1.29, 1.82) is 0 Å². The van der Waals surface area contributed by atoms with Crippen molar-refractivity contribution in [1.82, 2.24) is 0 Å². The van der Waals surface area contributed by atoms with Crippen LogP contribution in [-0.4, -0.2) is 0 Å². The molecule has 0 amide bonds. The van der Waals surface area contributed by atoms with Gasteiger partial charge in [0.15, 0.2) is 0 Å². The molecule has 50 valence electrons. The second-order valence-electron chi connectivity index (χ2n) is 0.521. The fraction of sp³-hybridized carbons (Fsp3) is 0. The maximum absolute atomic E-state index is 10.3. The predicted molar refractivity (Wildman–Crippen MR) is 19.8 cm³/mol. The van der Waals surface area contributed by atoms with Gasteiger partial charge in [-0.15, -0.1) is 0 Å². The number of hydrazine groups is 1. The van der Waals surface area contributed by atoms with Gasteiger partial charge in [-0.2, -0.15) is 17.6 Å². The fourth-order valence-corrected chi connectivity index (χ4v) is 0. The molecule has 0 aliphatic carbocycles. The van der Waals surface area contributed by atoms with Gasteiger partial charge in [-0.05, 0) is 0 Å². The van der Waals surface area contributed by atoms with E-state index in [1.165, 1.54) is 0 Å². The van der Waals surface area contributed by atoms with Crippen LogP contribution in [0.1, 0.15) is 0 Å². The summed E-state index contributed by atoms with van der Waals surface area (Å²) in [6.45, 7) is 0. The lowest BCUT2D eigenvalue weighted by Gasteiger charge is -1.69. The van der Waals surface area contributed by atoms with Crippen molar-refractivity contribution in [2.75, 3.05) is 0 Å². The maximum Gasteiger partial charge on any atom is 0.334 e. The van der Waals surface area contributed by atoms with Crippen LogP contribution in [0.5, 0.6) is 0 Å². The van der Waals surface area contributed by atoms with Crippen LogP contribution in [0.25, 0.3) is 0 Å². The van der Waals surface area contributed by atoms with Gasteiger partial charge < -0.3 is 0 Å². The molecule has 0 spiro atoms. The van der Waals surface area contributed by atoms with Crippen LogP contribution in [0.4, 0.5) is 17.6 Å².